The minimum Gasteiger partial charge on any atom is -0.308 e. The van der Waals surface area contributed by atoms with Crippen LogP contribution in [0.25, 0.3) is 50.0 Å². The second-order valence-corrected chi connectivity index (χ2v) is 8.55. The second kappa shape index (κ2) is 8.19. The summed E-state index contributed by atoms with van der Waals surface area (Å²) >= 11 is 0. The highest BCUT2D eigenvalue weighted by molar-refractivity contribution is 6.10. The molecule has 5 heteroatoms. The summed E-state index contributed by atoms with van der Waals surface area (Å²) in [6, 6.07) is 33.3. The molecule has 6 aromatic rings. The highest BCUT2D eigenvalue weighted by Gasteiger charge is 2.17. The Balaban J connectivity index is 1.67. The Hall–Kier alpha value is -4.82. The van der Waals surface area contributed by atoms with Crippen molar-refractivity contribution in [1.29, 1.82) is 5.26 Å². The molecule has 0 radical (unpaired) electrons. The monoisotopic (exact) mass is 451 g/mol. The van der Waals surface area contributed by atoms with Gasteiger partial charge in [-0.05, 0) is 55.3 Å². The van der Waals surface area contributed by atoms with Crippen LogP contribution in [-0.4, -0.2) is 19.5 Å². The number of nitriles is 1. The largest absolute Gasteiger partial charge is 0.308 e. The van der Waals surface area contributed by atoms with Crippen LogP contribution in [0.15, 0.2) is 91.0 Å². The molecule has 0 spiro atoms. The summed E-state index contributed by atoms with van der Waals surface area (Å²) < 4.78 is 2.18. The highest BCUT2D eigenvalue weighted by atomic mass is 15.0. The Morgan fingerprint density at radius 2 is 1.31 bits per heavy atom. The Bertz CT molecular complexity index is 1750. The lowest BCUT2D eigenvalue weighted by Crippen LogP contribution is -2.02. The van der Waals surface area contributed by atoms with E-state index in [2.05, 4.69) is 74.1 Å². The van der Waals surface area contributed by atoms with E-state index in [-0.39, 0.29) is 0 Å². The lowest BCUT2D eigenvalue weighted by atomic mass is 10.0. The molecule has 0 N–H and O–H groups in total. The summed E-state index contributed by atoms with van der Waals surface area (Å²) in [5.41, 5.74) is 6.60. The number of rotatable bonds is 3. The minimum atomic E-state index is 0.587. The molecule has 0 aliphatic rings. The van der Waals surface area contributed by atoms with Gasteiger partial charge in [-0.15, -0.1) is 0 Å². The van der Waals surface area contributed by atoms with Crippen molar-refractivity contribution in [2.75, 3.05) is 0 Å². The molecule has 0 atom stereocenters. The quantitative estimate of drug-likeness (QED) is 0.297. The summed E-state index contributed by atoms with van der Waals surface area (Å²) in [7, 11) is 0. The van der Waals surface area contributed by atoms with E-state index in [0.717, 1.165) is 44.2 Å². The van der Waals surface area contributed by atoms with Gasteiger partial charge in [0.05, 0.1) is 22.3 Å². The van der Waals surface area contributed by atoms with Crippen LogP contribution >= 0.6 is 0 Å². The van der Waals surface area contributed by atoms with Crippen molar-refractivity contribution in [3.8, 4) is 34.3 Å². The first-order chi connectivity index (χ1) is 17.1. The van der Waals surface area contributed by atoms with Gasteiger partial charge in [0, 0.05) is 16.3 Å². The Morgan fingerprint density at radius 3 is 2.09 bits per heavy atom. The highest BCUT2D eigenvalue weighted by Crippen LogP contribution is 2.36. The fourth-order valence-electron chi connectivity index (χ4n) is 4.74. The minimum absolute atomic E-state index is 0.587. The summed E-state index contributed by atoms with van der Waals surface area (Å²) in [6.45, 7) is 3.72. The van der Waals surface area contributed by atoms with Gasteiger partial charge in [0.25, 0.3) is 0 Å². The Labute approximate surface area is 203 Å². The first-order valence-corrected chi connectivity index (χ1v) is 11.5. The van der Waals surface area contributed by atoms with Crippen molar-refractivity contribution in [3.05, 3.63) is 108 Å². The molecule has 5 nitrogen and oxygen atoms in total. The predicted octanol–water partition coefficient (Wildman–Crippen LogP) is 6.79. The van der Waals surface area contributed by atoms with Crippen LogP contribution < -0.4 is 0 Å². The van der Waals surface area contributed by atoms with Gasteiger partial charge >= 0.3 is 0 Å². The van der Waals surface area contributed by atoms with Crippen molar-refractivity contribution in [1.82, 2.24) is 19.5 Å². The number of benzene rings is 4. The molecule has 6 rings (SSSR count). The molecule has 0 unspecified atom stereocenters. The van der Waals surface area contributed by atoms with Crippen molar-refractivity contribution >= 4 is 21.8 Å². The molecule has 4 aromatic carbocycles. The second-order valence-electron chi connectivity index (χ2n) is 8.55. The van der Waals surface area contributed by atoms with Crippen molar-refractivity contribution < 1.29 is 0 Å². The van der Waals surface area contributed by atoms with E-state index >= 15 is 0 Å². The number of fused-ring (bicyclic) bond motifs is 3. The van der Waals surface area contributed by atoms with Gasteiger partial charge in [-0.2, -0.15) is 5.26 Å². The Kier molecular flexibility index (Phi) is 4.86. The normalized spacial score (nSPS) is 11.1. The van der Waals surface area contributed by atoms with Gasteiger partial charge in [0.1, 0.15) is 17.7 Å². The first kappa shape index (κ1) is 20.8. The number of para-hydroxylation sites is 1. The third kappa shape index (κ3) is 3.53. The molecule has 0 saturated carbocycles. The molecule has 0 aliphatic heterocycles. The average Bonchev–Trinajstić information content (AvgIpc) is 3.22. The molecule has 0 saturated heterocycles. The zero-order chi connectivity index (χ0) is 23.9. The van der Waals surface area contributed by atoms with Crippen LogP contribution in [0.2, 0.25) is 0 Å². The van der Waals surface area contributed by atoms with E-state index in [1.54, 1.807) is 0 Å². The molecular weight excluding hydrogens is 430 g/mol. The van der Waals surface area contributed by atoms with Crippen molar-refractivity contribution in [3.63, 3.8) is 0 Å². The van der Waals surface area contributed by atoms with E-state index in [1.807, 2.05) is 56.3 Å². The fraction of sp³-hybridized carbons (Fsp3) is 0.0667. The third-order valence-corrected chi connectivity index (χ3v) is 6.26. The molecule has 166 valence electrons. The Morgan fingerprint density at radius 1 is 0.629 bits per heavy atom. The predicted molar refractivity (Wildman–Crippen MR) is 139 cm³/mol. The molecule has 0 fully saturated rings. The van der Waals surface area contributed by atoms with Crippen LogP contribution in [0.3, 0.4) is 0 Å². The molecule has 0 amide bonds. The maximum Gasteiger partial charge on any atom is 0.163 e. The van der Waals surface area contributed by atoms with Gasteiger partial charge in [-0.25, -0.2) is 15.0 Å². The van der Waals surface area contributed by atoms with Gasteiger partial charge < -0.3 is 4.57 Å². The summed E-state index contributed by atoms with van der Waals surface area (Å²) in [5, 5.41) is 12.3. The maximum atomic E-state index is 10.0. The number of hydrogen-bond acceptors (Lipinski definition) is 4. The van der Waals surface area contributed by atoms with Gasteiger partial charge in [0.15, 0.2) is 5.82 Å². The van der Waals surface area contributed by atoms with Gasteiger partial charge in [-0.3, -0.25) is 0 Å². The molecule has 35 heavy (non-hydrogen) atoms. The molecule has 0 bridgehead atoms. The van der Waals surface area contributed by atoms with Crippen LogP contribution in [-0.2, 0) is 0 Å². The summed E-state index contributed by atoms with van der Waals surface area (Å²) in [4.78, 5) is 13.4. The molecule has 0 aliphatic carbocycles. The van der Waals surface area contributed by atoms with E-state index < -0.39 is 0 Å². The third-order valence-electron chi connectivity index (χ3n) is 6.26. The van der Waals surface area contributed by atoms with Gasteiger partial charge in [0.2, 0.25) is 0 Å². The number of aryl methyl sites for hydroxylation is 2. The summed E-state index contributed by atoms with van der Waals surface area (Å²) in [5.74, 6) is 1.94. The van der Waals surface area contributed by atoms with E-state index in [4.69, 9.17) is 0 Å². The fourth-order valence-corrected chi connectivity index (χ4v) is 4.74. The average molecular weight is 452 g/mol. The topological polar surface area (TPSA) is 67.4 Å². The smallest absolute Gasteiger partial charge is 0.163 e. The number of hydrogen-bond donors (Lipinski definition) is 0. The number of aromatic nitrogens is 4. The van der Waals surface area contributed by atoms with Crippen LogP contribution in [0.4, 0.5) is 0 Å². The van der Waals surface area contributed by atoms with Gasteiger partial charge in [-0.1, -0.05) is 60.7 Å². The van der Waals surface area contributed by atoms with E-state index in [9.17, 15) is 5.26 Å². The van der Waals surface area contributed by atoms with Crippen molar-refractivity contribution in [2.45, 2.75) is 13.8 Å². The molecule has 2 aromatic heterocycles. The zero-order valence-electron chi connectivity index (χ0n) is 19.4. The number of nitrogens with zero attached hydrogens (tertiary/aromatic N) is 5. The van der Waals surface area contributed by atoms with E-state index in [0.29, 0.717) is 23.0 Å². The molecule has 2 heterocycles. The van der Waals surface area contributed by atoms with Crippen LogP contribution in [0.5, 0.6) is 0 Å². The van der Waals surface area contributed by atoms with Crippen LogP contribution in [0, 0.1) is 25.2 Å². The van der Waals surface area contributed by atoms with Crippen LogP contribution in [0.1, 0.15) is 17.2 Å². The molecular formula is C30H21N5. The zero-order valence-corrected chi connectivity index (χ0v) is 19.4. The van der Waals surface area contributed by atoms with Crippen molar-refractivity contribution in [2.24, 2.45) is 0 Å². The van der Waals surface area contributed by atoms with E-state index in [1.165, 1.54) is 0 Å². The summed E-state index contributed by atoms with van der Waals surface area (Å²) in [6.07, 6.45) is 0. The SMILES string of the molecule is Cc1nc(C)nc(-c2ccc(C#N)c(-n3c4ccccc4c4ccc(-c5ccccc5)cc43)c2)n1. The standard InChI is InChI=1S/C30H21N5/c1-19-32-20(2)34-30(33-19)23-12-13-24(18-31)28(17-23)35-27-11-7-6-10-25(27)26-15-14-22(16-29(26)35)21-8-4-3-5-9-21/h3-17H,1-2H3. The lowest BCUT2D eigenvalue weighted by Gasteiger charge is -2.13. The maximum absolute atomic E-state index is 10.0. The first-order valence-electron chi connectivity index (χ1n) is 11.5. The lowest BCUT2D eigenvalue weighted by molar-refractivity contribution is 0.928.